The quantitative estimate of drug-likeness (QED) is 0.818. The van der Waals surface area contributed by atoms with Crippen molar-refractivity contribution in [2.45, 2.75) is 25.9 Å². The summed E-state index contributed by atoms with van der Waals surface area (Å²) in [6.45, 7) is 4.17. The molecular weight excluding hydrogens is 216 g/mol. The number of nitrogens with zero attached hydrogens (tertiary/aromatic N) is 1. The third kappa shape index (κ3) is 1.65. The molecule has 0 saturated carbocycles. The molecule has 88 valence electrons. The molecule has 1 aliphatic heterocycles. The number of fused-ring (bicyclic) bond motifs is 1. The van der Waals surface area contributed by atoms with Crippen molar-refractivity contribution in [3.05, 3.63) is 30.0 Å². The van der Waals surface area contributed by atoms with E-state index in [9.17, 15) is 0 Å². The number of benzene rings is 1. The van der Waals surface area contributed by atoms with Crippen LogP contribution in [0.2, 0.25) is 0 Å². The minimum atomic E-state index is -0.124. The van der Waals surface area contributed by atoms with Gasteiger partial charge < -0.3 is 15.0 Å². The fraction of sp³-hybridized carbons (Fsp3) is 0.308. The summed E-state index contributed by atoms with van der Waals surface area (Å²) < 4.78 is 10.7. The van der Waals surface area contributed by atoms with Gasteiger partial charge in [-0.2, -0.15) is 0 Å². The van der Waals surface area contributed by atoms with Crippen LogP contribution < -0.4 is 10.5 Å². The van der Waals surface area contributed by atoms with Gasteiger partial charge in [0.25, 0.3) is 0 Å². The summed E-state index contributed by atoms with van der Waals surface area (Å²) in [6, 6.07) is 6.09. The van der Waals surface area contributed by atoms with Crippen LogP contribution in [-0.4, -0.2) is 10.8 Å². The summed E-state index contributed by atoms with van der Waals surface area (Å²) in [5, 5.41) is 3.68. The Morgan fingerprint density at radius 3 is 2.88 bits per heavy atom. The molecule has 1 aliphatic rings. The van der Waals surface area contributed by atoms with Crippen LogP contribution in [-0.2, 0) is 6.42 Å². The normalized spacial score (nSPS) is 16.6. The first-order chi connectivity index (χ1) is 8.05. The van der Waals surface area contributed by atoms with E-state index in [4.69, 9.17) is 15.0 Å². The molecular formula is C13H14N2O2. The van der Waals surface area contributed by atoms with Crippen LogP contribution in [0, 0.1) is 0 Å². The van der Waals surface area contributed by atoms with Crippen molar-refractivity contribution in [2.24, 2.45) is 0 Å². The molecule has 4 nitrogen and oxygen atoms in total. The van der Waals surface area contributed by atoms with Gasteiger partial charge in [0.05, 0.1) is 11.8 Å². The Kier molecular flexibility index (Phi) is 1.96. The standard InChI is InChI=1S/C13H14N2O2/c1-13(2)6-9-4-3-8(5-11(9)16-13)10-7-15-17-12(10)14/h3-5,7H,6,14H2,1-2H3. The van der Waals surface area contributed by atoms with Gasteiger partial charge in [-0.25, -0.2) is 0 Å². The summed E-state index contributed by atoms with van der Waals surface area (Å²) >= 11 is 0. The molecule has 2 heterocycles. The van der Waals surface area contributed by atoms with E-state index in [1.54, 1.807) is 6.20 Å². The van der Waals surface area contributed by atoms with E-state index in [1.807, 2.05) is 12.1 Å². The Balaban J connectivity index is 2.05. The Morgan fingerprint density at radius 1 is 1.35 bits per heavy atom. The fourth-order valence-electron chi connectivity index (χ4n) is 2.22. The lowest BCUT2D eigenvalue weighted by Crippen LogP contribution is -2.24. The van der Waals surface area contributed by atoms with Crippen molar-refractivity contribution in [3.63, 3.8) is 0 Å². The van der Waals surface area contributed by atoms with E-state index < -0.39 is 0 Å². The van der Waals surface area contributed by atoms with Crippen LogP contribution in [0.25, 0.3) is 11.1 Å². The third-order valence-corrected chi connectivity index (χ3v) is 2.98. The highest BCUT2D eigenvalue weighted by molar-refractivity contribution is 5.73. The number of nitrogen functional groups attached to an aromatic ring is 1. The predicted octanol–water partition coefficient (Wildman–Crippen LogP) is 2.64. The van der Waals surface area contributed by atoms with Gasteiger partial charge in [0.2, 0.25) is 5.88 Å². The number of hydrogen-bond donors (Lipinski definition) is 1. The van der Waals surface area contributed by atoms with E-state index in [-0.39, 0.29) is 5.60 Å². The summed E-state index contributed by atoms with van der Waals surface area (Å²) in [6.07, 6.45) is 2.55. The zero-order valence-electron chi connectivity index (χ0n) is 9.86. The van der Waals surface area contributed by atoms with Crippen molar-refractivity contribution in [1.29, 1.82) is 0 Å². The molecule has 2 N–H and O–H groups in total. The lowest BCUT2D eigenvalue weighted by molar-refractivity contribution is 0.138. The zero-order chi connectivity index (χ0) is 12.0. The summed E-state index contributed by atoms with van der Waals surface area (Å²) in [7, 11) is 0. The minimum Gasteiger partial charge on any atom is -0.487 e. The number of aromatic nitrogens is 1. The lowest BCUT2D eigenvalue weighted by Gasteiger charge is -2.16. The third-order valence-electron chi connectivity index (χ3n) is 2.98. The summed E-state index contributed by atoms with van der Waals surface area (Å²) in [5.41, 5.74) is 8.59. The van der Waals surface area contributed by atoms with Gasteiger partial charge in [0.15, 0.2) is 0 Å². The average Bonchev–Trinajstić information content (AvgIpc) is 2.78. The van der Waals surface area contributed by atoms with Crippen molar-refractivity contribution >= 4 is 5.88 Å². The van der Waals surface area contributed by atoms with Crippen LogP contribution in [0.5, 0.6) is 5.75 Å². The maximum atomic E-state index is 5.88. The van der Waals surface area contributed by atoms with E-state index in [0.717, 1.165) is 23.3 Å². The lowest BCUT2D eigenvalue weighted by atomic mass is 10.00. The van der Waals surface area contributed by atoms with Crippen LogP contribution in [0.3, 0.4) is 0 Å². The van der Waals surface area contributed by atoms with Gasteiger partial charge in [-0.1, -0.05) is 17.3 Å². The SMILES string of the molecule is CC1(C)Cc2ccc(-c3cnoc3N)cc2O1. The maximum Gasteiger partial charge on any atom is 0.229 e. The first kappa shape index (κ1) is 10.2. The molecule has 0 radical (unpaired) electrons. The monoisotopic (exact) mass is 230 g/mol. The molecule has 0 unspecified atom stereocenters. The smallest absolute Gasteiger partial charge is 0.229 e. The molecule has 4 heteroatoms. The Labute approximate surface area is 99.4 Å². The average molecular weight is 230 g/mol. The highest BCUT2D eigenvalue weighted by Crippen LogP contribution is 2.38. The molecule has 0 atom stereocenters. The van der Waals surface area contributed by atoms with Crippen molar-refractivity contribution in [3.8, 4) is 16.9 Å². The Bertz CT molecular complexity index is 573. The number of rotatable bonds is 1. The van der Waals surface area contributed by atoms with Crippen LogP contribution in [0.1, 0.15) is 19.4 Å². The van der Waals surface area contributed by atoms with Crippen LogP contribution >= 0.6 is 0 Å². The maximum absolute atomic E-state index is 5.88. The van der Waals surface area contributed by atoms with Gasteiger partial charge in [0, 0.05) is 6.42 Å². The van der Waals surface area contributed by atoms with Gasteiger partial charge in [-0.05, 0) is 31.0 Å². The molecule has 1 aromatic carbocycles. The van der Waals surface area contributed by atoms with E-state index in [2.05, 4.69) is 25.1 Å². The van der Waals surface area contributed by atoms with Crippen molar-refractivity contribution in [2.75, 3.05) is 5.73 Å². The highest BCUT2D eigenvalue weighted by atomic mass is 16.5. The Hall–Kier alpha value is -1.97. The summed E-state index contributed by atoms with van der Waals surface area (Å²) in [5.74, 6) is 1.26. The molecule has 3 rings (SSSR count). The van der Waals surface area contributed by atoms with Gasteiger partial charge in [-0.15, -0.1) is 0 Å². The number of anilines is 1. The second-order valence-electron chi connectivity index (χ2n) is 4.96. The molecule has 17 heavy (non-hydrogen) atoms. The largest absolute Gasteiger partial charge is 0.487 e. The molecule has 1 aromatic heterocycles. The number of hydrogen-bond acceptors (Lipinski definition) is 4. The Morgan fingerprint density at radius 2 is 2.18 bits per heavy atom. The molecule has 0 bridgehead atoms. The second-order valence-corrected chi connectivity index (χ2v) is 4.96. The number of nitrogens with two attached hydrogens (primary N) is 1. The van der Waals surface area contributed by atoms with Crippen molar-refractivity contribution in [1.82, 2.24) is 5.16 Å². The minimum absolute atomic E-state index is 0.124. The molecule has 0 spiro atoms. The van der Waals surface area contributed by atoms with Crippen LogP contribution in [0.15, 0.2) is 28.9 Å². The molecule has 2 aromatic rings. The van der Waals surface area contributed by atoms with Gasteiger partial charge in [0.1, 0.15) is 11.4 Å². The van der Waals surface area contributed by atoms with Crippen LogP contribution in [0.4, 0.5) is 5.88 Å². The first-order valence-electron chi connectivity index (χ1n) is 5.58. The number of ether oxygens (including phenoxy) is 1. The van der Waals surface area contributed by atoms with Crippen molar-refractivity contribution < 1.29 is 9.26 Å². The fourth-order valence-corrected chi connectivity index (χ4v) is 2.22. The van der Waals surface area contributed by atoms with Gasteiger partial charge in [-0.3, -0.25) is 0 Å². The zero-order valence-corrected chi connectivity index (χ0v) is 9.86. The van der Waals surface area contributed by atoms with E-state index in [1.165, 1.54) is 5.56 Å². The predicted molar refractivity (Wildman–Crippen MR) is 64.8 cm³/mol. The molecule has 0 aliphatic carbocycles. The molecule has 0 amide bonds. The second kappa shape index (κ2) is 3.26. The highest BCUT2D eigenvalue weighted by Gasteiger charge is 2.30. The van der Waals surface area contributed by atoms with E-state index >= 15 is 0 Å². The molecule has 0 saturated heterocycles. The topological polar surface area (TPSA) is 61.3 Å². The summed E-state index contributed by atoms with van der Waals surface area (Å²) in [4.78, 5) is 0. The van der Waals surface area contributed by atoms with E-state index in [0.29, 0.717) is 5.88 Å². The first-order valence-corrected chi connectivity index (χ1v) is 5.58. The van der Waals surface area contributed by atoms with Gasteiger partial charge >= 0.3 is 0 Å². The molecule has 0 fully saturated rings.